The molecule has 37 heavy (non-hydrogen) atoms. The second-order valence-corrected chi connectivity index (χ2v) is 11.1. The van der Waals surface area contributed by atoms with Gasteiger partial charge in [0.1, 0.15) is 12.5 Å². The highest BCUT2D eigenvalue weighted by Crippen LogP contribution is 2.34. The van der Waals surface area contributed by atoms with Gasteiger partial charge in [-0.3, -0.25) is 14.7 Å². The first-order valence-corrected chi connectivity index (χ1v) is 15.2. The number of anilines is 1. The minimum Gasteiger partial charge on any atom is -0.494 e. The van der Waals surface area contributed by atoms with Crippen LogP contribution in [0.1, 0.15) is 63.9 Å². The topological polar surface area (TPSA) is 63.2 Å². The molecule has 1 aliphatic carbocycles. The van der Waals surface area contributed by atoms with Gasteiger partial charge in [-0.2, -0.15) is 0 Å². The SMILES string of the molecule is CCCCCC(=O)N1COCCCc2ccc(OCCCCNCCN=C3C=CCC4SCC=C34)cc21. The largest absolute Gasteiger partial charge is 0.494 e. The molecule has 1 amide bonds. The number of aryl methyl sites for hydroxylation is 1. The molecule has 6 nitrogen and oxygen atoms in total. The van der Waals surface area contributed by atoms with Gasteiger partial charge in [-0.1, -0.05) is 38.0 Å². The van der Waals surface area contributed by atoms with E-state index in [1.54, 1.807) is 0 Å². The smallest absolute Gasteiger partial charge is 0.228 e. The Balaban J connectivity index is 1.17. The fourth-order valence-electron chi connectivity index (χ4n) is 4.96. The minimum atomic E-state index is 0.142. The van der Waals surface area contributed by atoms with E-state index in [1.165, 1.54) is 16.8 Å². The van der Waals surface area contributed by atoms with Crippen molar-refractivity contribution in [1.29, 1.82) is 0 Å². The molecule has 2 aliphatic heterocycles. The molecule has 1 atom stereocenters. The third-order valence-electron chi connectivity index (χ3n) is 7.05. The second-order valence-electron chi connectivity index (χ2n) is 9.90. The van der Waals surface area contributed by atoms with Gasteiger partial charge >= 0.3 is 0 Å². The molecule has 202 valence electrons. The number of fused-ring (bicyclic) bond motifs is 2. The van der Waals surface area contributed by atoms with Gasteiger partial charge < -0.3 is 14.8 Å². The number of nitrogens with one attached hydrogen (secondary N) is 1. The van der Waals surface area contributed by atoms with Gasteiger partial charge in [-0.05, 0) is 68.3 Å². The molecule has 1 aromatic carbocycles. The Morgan fingerprint density at radius 3 is 3.11 bits per heavy atom. The predicted molar refractivity (Wildman–Crippen MR) is 155 cm³/mol. The lowest BCUT2D eigenvalue weighted by atomic mass is 9.98. The molecule has 7 heteroatoms. The van der Waals surface area contributed by atoms with Crippen molar-refractivity contribution in [3.63, 3.8) is 0 Å². The van der Waals surface area contributed by atoms with Gasteiger partial charge in [0, 0.05) is 36.6 Å². The number of amides is 1. The van der Waals surface area contributed by atoms with E-state index in [2.05, 4.69) is 36.5 Å². The van der Waals surface area contributed by atoms with Crippen LogP contribution in [0, 0.1) is 0 Å². The summed E-state index contributed by atoms with van der Waals surface area (Å²) >= 11 is 2.02. The Morgan fingerprint density at radius 2 is 2.19 bits per heavy atom. The Labute approximate surface area is 227 Å². The normalized spacial score (nSPS) is 20.2. The number of ether oxygens (including phenoxy) is 2. The number of carbonyl (C=O) groups is 1. The Hall–Kier alpha value is -2.09. The first kappa shape index (κ1) is 27.9. The van der Waals surface area contributed by atoms with Gasteiger partial charge in [-0.15, -0.1) is 11.8 Å². The lowest BCUT2D eigenvalue weighted by Gasteiger charge is -2.28. The highest BCUT2D eigenvalue weighted by Gasteiger charge is 2.24. The van der Waals surface area contributed by atoms with Crippen molar-refractivity contribution in [3.05, 3.63) is 47.6 Å². The lowest BCUT2D eigenvalue weighted by Crippen LogP contribution is -2.35. The van der Waals surface area contributed by atoms with Crippen LogP contribution in [0.15, 0.2) is 47.0 Å². The number of unbranched alkanes of at least 4 members (excludes halogenated alkanes) is 3. The molecule has 4 rings (SSSR count). The molecular weight excluding hydrogens is 482 g/mol. The zero-order valence-electron chi connectivity index (χ0n) is 22.4. The molecule has 0 fully saturated rings. The second kappa shape index (κ2) is 15.4. The molecule has 1 N–H and O–H groups in total. The van der Waals surface area contributed by atoms with Crippen LogP contribution in [0.3, 0.4) is 0 Å². The van der Waals surface area contributed by atoms with Gasteiger partial charge in [0.05, 0.1) is 24.6 Å². The van der Waals surface area contributed by atoms with E-state index in [0.717, 1.165) is 88.2 Å². The number of allylic oxidation sites excluding steroid dienone is 2. The maximum atomic E-state index is 12.9. The molecule has 0 aromatic heterocycles. The van der Waals surface area contributed by atoms with E-state index in [0.29, 0.717) is 31.6 Å². The van der Waals surface area contributed by atoms with Crippen LogP contribution in [-0.4, -0.2) is 62.2 Å². The molecule has 0 radical (unpaired) electrons. The molecule has 0 saturated carbocycles. The zero-order chi connectivity index (χ0) is 25.7. The van der Waals surface area contributed by atoms with E-state index in [-0.39, 0.29) is 5.91 Å². The highest BCUT2D eigenvalue weighted by atomic mass is 32.2. The van der Waals surface area contributed by atoms with E-state index in [4.69, 9.17) is 14.5 Å². The summed E-state index contributed by atoms with van der Waals surface area (Å²) in [7, 11) is 0. The molecule has 0 bridgehead atoms. The van der Waals surface area contributed by atoms with Crippen molar-refractivity contribution < 1.29 is 14.3 Å². The number of nitrogens with zero attached hydrogens (tertiary/aromatic N) is 2. The summed E-state index contributed by atoms with van der Waals surface area (Å²) in [6, 6.07) is 6.19. The number of aliphatic imine (C=N–C) groups is 1. The van der Waals surface area contributed by atoms with Gasteiger partial charge in [-0.25, -0.2) is 0 Å². The first-order valence-electron chi connectivity index (χ1n) is 14.1. The quantitative estimate of drug-likeness (QED) is 0.334. The van der Waals surface area contributed by atoms with E-state index in [1.807, 2.05) is 28.8 Å². The van der Waals surface area contributed by atoms with Crippen molar-refractivity contribution >= 4 is 29.1 Å². The van der Waals surface area contributed by atoms with Crippen LogP contribution in [0.5, 0.6) is 5.75 Å². The number of carbonyl (C=O) groups excluding carboxylic acids is 1. The van der Waals surface area contributed by atoms with Crippen molar-refractivity contribution in [3.8, 4) is 5.75 Å². The molecule has 1 aromatic rings. The van der Waals surface area contributed by atoms with Gasteiger partial charge in [0.15, 0.2) is 0 Å². The van der Waals surface area contributed by atoms with Crippen molar-refractivity contribution in [2.75, 3.05) is 50.2 Å². The average Bonchev–Trinajstić information content (AvgIpc) is 3.38. The minimum absolute atomic E-state index is 0.142. The fraction of sp³-hybridized carbons (Fsp3) is 0.600. The van der Waals surface area contributed by atoms with Gasteiger partial charge in [0.2, 0.25) is 5.91 Å². The number of rotatable bonds is 13. The van der Waals surface area contributed by atoms with Crippen LogP contribution in [0.2, 0.25) is 0 Å². The van der Waals surface area contributed by atoms with Crippen molar-refractivity contribution in [1.82, 2.24) is 5.32 Å². The number of thioether (sulfide) groups is 1. The maximum Gasteiger partial charge on any atom is 0.228 e. The summed E-state index contributed by atoms with van der Waals surface area (Å²) in [5.74, 6) is 2.09. The highest BCUT2D eigenvalue weighted by molar-refractivity contribution is 8.00. The molecule has 0 spiro atoms. The molecule has 1 unspecified atom stereocenters. The maximum absolute atomic E-state index is 12.9. The first-order chi connectivity index (χ1) is 18.3. The molecule has 0 saturated heterocycles. The Kier molecular flexibility index (Phi) is 11.6. The van der Waals surface area contributed by atoms with Crippen LogP contribution in [0.25, 0.3) is 0 Å². The van der Waals surface area contributed by atoms with Crippen LogP contribution >= 0.6 is 11.8 Å². The molecular formula is C30H43N3O3S. The van der Waals surface area contributed by atoms with E-state index >= 15 is 0 Å². The fourth-order valence-corrected chi connectivity index (χ4v) is 6.11. The van der Waals surface area contributed by atoms with Gasteiger partial charge in [0.25, 0.3) is 0 Å². The number of benzene rings is 1. The summed E-state index contributed by atoms with van der Waals surface area (Å²) in [5, 5.41) is 4.14. The van der Waals surface area contributed by atoms with Crippen LogP contribution in [-0.2, 0) is 16.0 Å². The lowest BCUT2D eigenvalue weighted by molar-refractivity contribution is -0.120. The molecule has 3 aliphatic rings. The predicted octanol–water partition coefficient (Wildman–Crippen LogP) is 5.71. The zero-order valence-corrected chi connectivity index (χ0v) is 23.2. The summed E-state index contributed by atoms with van der Waals surface area (Å²) in [4.78, 5) is 19.6. The Morgan fingerprint density at radius 1 is 1.24 bits per heavy atom. The third-order valence-corrected chi connectivity index (χ3v) is 8.26. The average molecular weight is 526 g/mol. The summed E-state index contributed by atoms with van der Waals surface area (Å²) in [5.41, 5.74) is 4.78. The van der Waals surface area contributed by atoms with Crippen molar-refractivity contribution in [2.45, 2.75) is 70.0 Å². The van der Waals surface area contributed by atoms with E-state index in [9.17, 15) is 4.79 Å². The van der Waals surface area contributed by atoms with Crippen LogP contribution in [0.4, 0.5) is 5.69 Å². The van der Waals surface area contributed by atoms with Crippen molar-refractivity contribution in [2.24, 2.45) is 4.99 Å². The number of hydrogen-bond acceptors (Lipinski definition) is 6. The standard InChI is InChI=1S/C30H43N3O3S/c1-2-3-4-12-30(34)33-23-35-19-8-9-24-13-14-25(22-28(24)33)36-20-6-5-16-31-17-18-32-27-10-7-11-29-26(27)15-21-37-29/h7,10,13-15,22,29,31H,2-6,8-9,11-12,16-21,23H2,1H3. The number of hydrogen-bond donors (Lipinski definition) is 1. The third kappa shape index (κ3) is 8.45. The summed E-state index contributed by atoms with van der Waals surface area (Å²) in [6.07, 6.45) is 15.5. The Bertz CT molecular complexity index is 975. The summed E-state index contributed by atoms with van der Waals surface area (Å²) in [6.45, 7) is 6.52. The monoisotopic (exact) mass is 525 g/mol. The summed E-state index contributed by atoms with van der Waals surface area (Å²) < 4.78 is 11.8. The molecule has 2 heterocycles. The van der Waals surface area contributed by atoms with Crippen LogP contribution < -0.4 is 15.0 Å². The van der Waals surface area contributed by atoms with E-state index < -0.39 is 0 Å².